The van der Waals surface area contributed by atoms with Crippen LogP contribution in [0, 0.1) is 6.92 Å². The number of fused-ring (bicyclic) bond motifs is 2. The van der Waals surface area contributed by atoms with Gasteiger partial charge in [0.1, 0.15) is 5.00 Å². The molecule has 4 heteroatoms. The third-order valence-electron chi connectivity index (χ3n) is 3.05. The lowest BCUT2D eigenvalue weighted by Gasteiger charge is -2.08. The predicted molar refractivity (Wildman–Crippen MR) is 76.1 cm³/mol. The molecule has 0 saturated carbocycles. The van der Waals surface area contributed by atoms with Gasteiger partial charge in [-0.1, -0.05) is 13.0 Å². The van der Waals surface area contributed by atoms with E-state index in [1.807, 2.05) is 25.1 Å². The van der Waals surface area contributed by atoms with Gasteiger partial charge in [0.25, 0.3) is 5.91 Å². The normalized spacial score (nSPS) is 13.1. The lowest BCUT2D eigenvalue weighted by Crippen LogP contribution is -2.09. The summed E-state index contributed by atoms with van der Waals surface area (Å²) in [5, 5.41) is 7.25. The highest BCUT2D eigenvalue weighted by Crippen LogP contribution is 2.37. The van der Waals surface area contributed by atoms with E-state index in [1.54, 1.807) is 11.3 Å². The molecule has 18 heavy (non-hydrogen) atoms. The molecule has 0 radical (unpaired) electrons. The molecule has 1 aromatic carbocycles. The Morgan fingerprint density at radius 1 is 1.17 bits per heavy atom. The topological polar surface area (TPSA) is 41.1 Å². The fourth-order valence-corrected chi connectivity index (χ4v) is 3.07. The lowest BCUT2D eigenvalue weighted by atomic mass is 10.2. The summed E-state index contributed by atoms with van der Waals surface area (Å²) in [5.74, 6) is -0.0314. The molecule has 0 fully saturated rings. The van der Waals surface area contributed by atoms with E-state index in [2.05, 4.69) is 23.6 Å². The molecule has 1 aliphatic rings. The molecule has 3 rings (SSSR count). The number of thiophene rings is 1. The van der Waals surface area contributed by atoms with Gasteiger partial charge in [-0.05, 0) is 37.1 Å². The highest BCUT2D eigenvalue weighted by Gasteiger charge is 2.21. The third kappa shape index (κ3) is 1.78. The molecule has 3 nitrogen and oxygen atoms in total. The molecule has 0 atom stereocenters. The SMILES string of the molecule is CCc1cc2c(s1)Nc1cc(C)ccc1NC2=O. The Kier molecular flexibility index (Phi) is 2.59. The zero-order chi connectivity index (χ0) is 12.7. The monoisotopic (exact) mass is 258 g/mol. The fourth-order valence-electron chi connectivity index (χ4n) is 2.06. The first-order valence-corrected chi connectivity index (χ1v) is 6.80. The van der Waals surface area contributed by atoms with Crippen LogP contribution in [0.2, 0.25) is 0 Å². The standard InChI is InChI=1S/C14H14N2OS/c1-3-9-7-10-13(17)15-11-5-4-8(2)6-12(11)16-14(10)18-9/h4-7,16H,3H2,1-2H3,(H,15,17). The van der Waals surface area contributed by atoms with Gasteiger partial charge in [0.2, 0.25) is 0 Å². The third-order valence-corrected chi connectivity index (χ3v) is 4.24. The highest BCUT2D eigenvalue weighted by atomic mass is 32.1. The van der Waals surface area contributed by atoms with E-state index in [0.29, 0.717) is 0 Å². The first-order chi connectivity index (χ1) is 8.67. The van der Waals surface area contributed by atoms with E-state index in [0.717, 1.165) is 28.4 Å². The van der Waals surface area contributed by atoms with Crippen molar-refractivity contribution in [3.05, 3.63) is 40.3 Å². The van der Waals surface area contributed by atoms with Gasteiger partial charge < -0.3 is 10.6 Å². The summed E-state index contributed by atoms with van der Waals surface area (Å²) in [6.45, 7) is 4.14. The predicted octanol–water partition coefficient (Wildman–Crippen LogP) is 3.93. The molecule has 0 saturated heterocycles. The van der Waals surface area contributed by atoms with Crippen molar-refractivity contribution in [1.82, 2.24) is 0 Å². The van der Waals surface area contributed by atoms with Crippen LogP contribution in [0.3, 0.4) is 0 Å². The van der Waals surface area contributed by atoms with Crippen molar-refractivity contribution >= 4 is 33.6 Å². The minimum Gasteiger partial charge on any atom is -0.345 e. The number of nitrogens with one attached hydrogen (secondary N) is 2. The van der Waals surface area contributed by atoms with Crippen LogP contribution in [0.25, 0.3) is 0 Å². The van der Waals surface area contributed by atoms with E-state index in [1.165, 1.54) is 10.4 Å². The second kappa shape index (κ2) is 4.14. The number of anilines is 3. The van der Waals surface area contributed by atoms with Crippen molar-refractivity contribution in [1.29, 1.82) is 0 Å². The van der Waals surface area contributed by atoms with Crippen molar-refractivity contribution < 1.29 is 4.79 Å². The maximum Gasteiger partial charge on any atom is 0.258 e. The Balaban J connectivity index is 2.12. The summed E-state index contributed by atoms with van der Waals surface area (Å²) in [4.78, 5) is 13.4. The smallest absolute Gasteiger partial charge is 0.258 e. The molecule has 2 aromatic rings. The van der Waals surface area contributed by atoms with Gasteiger partial charge in [0.15, 0.2) is 0 Å². The number of benzene rings is 1. The van der Waals surface area contributed by atoms with Crippen LogP contribution in [0.1, 0.15) is 27.7 Å². The van der Waals surface area contributed by atoms with Gasteiger partial charge in [-0.3, -0.25) is 4.79 Å². The minimum absolute atomic E-state index is 0.0314. The molecule has 0 unspecified atom stereocenters. The van der Waals surface area contributed by atoms with Gasteiger partial charge in [-0.15, -0.1) is 11.3 Å². The molecular formula is C14H14N2OS. The summed E-state index contributed by atoms with van der Waals surface area (Å²) in [5.41, 5.74) is 3.72. The van der Waals surface area contributed by atoms with Crippen LogP contribution in [0.4, 0.5) is 16.4 Å². The second-order valence-electron chi connectivity index (χ2n) is 4.44. The van der Waals surface area contributed by atoms with Crippen LogP contribution in [0.5, 0.6) is 0 Å². The van der Waals surface area contributed by atoms with E-state index >= 15 is 0 Å². The number of aryl methyl sites for hydroxylation is 2. The largest absolute Gasteiger partial charge is 0.345 e. The molecule has 1 aliphatic heterocycles. The van der Waals surface area contributed by atoms with Crippen molar-refractivity contribution in [3.8, 4) is 0 Å². The number of rotatable bonds is 1. The average Bonchev–Trinajstić information content (AvgIpc) is 2.71. The van der Waals surface area contributed by atoms with E-state index in [9.17, 15) is 4.79 Å². The molecule has 0 spiro atoms. The molecule has 0 bridgehead atoms. The van der Waals surface area contributed by atoms with Crippen molar-refractivity contribution in [2.24, 2.45) is 0 Å². The zero-order valence-electron chi connectivity index (χ0n) is 10.3. The Hall–Kier alpha value is -1.81. The Bertz CT molecular complexity index is 631. The quantitative estimate of drug-likeness (QED) is 0.813. The summed E-state index contributed by atoms with van der Waals surface area (Å²) < 4.78 is 0. The molecule has 92 valence electrons. The summed E-state index contributed by atoms with van der Waals surface area (Å²) >= 11 is 1.65. The van der Waals surface area contributed by atoms with Crippen LogP contribution in [-0.4, -0.2) is 5.91 Å². The average molecular weight is 258 g/mol. The maximum absolute atomic E-state index is 12.1. The van der Waals surface area contributed by atoms with Crippen molar-refractivity contribution in [3.63, 3.8) is 0 Å². The summed E-state index contributed by atoms with van der Waals surface area (Å²) in [6, 6.07) is 7.96. The van der Waals surface area contributed by atoms with Crippen LogP contribution in [-0.2, 0) is 6.42 Å². The Morgan fingerprint density at radius 2 is 2.00 bits per heavy atom. The van der Waals surface area contributed by atoms with Gasteiger partial charge >= 0.3 is 0 Å². The summed E-state index contributed by atoms with van der Waals surface area (Å²) in [7, 11) is 0. The highest BCUT2D eigenvalue weighted by molar-refractivity contribution is 7.16. The maximum atomic E-state index is 12.1. The molecule has 0 aliphatic carbocycles. The van der Waals surface area contributed by atoms with E-state index in [4.69, 9.17) is 0 Å². The molecular weight excluding hydrogens is 244 g/mol. The Morgan fingerprint density at radius 3 is 2.78 bits per heavy atom. The number of hydrogen-bond acceptors (Lipinski definition) is 3. The van der Waals surface area contributed by atoms with Crippen LogP contribution >= 0.6 is 11.3 Å². The number of carbonyl (C=O) groups excluding carboxylic acids is 1. The molecule has 1 amide bonds. The van der Waals surface area contributed by atoms with Gasteiger partial charge in [0, 0.05) is 4.88 Å². The zero-order valence-corrected chi connectivity index (χ0v) is 11.1. The second-order valence-corrected chi connectivity index (χ2v) is 5.57. The van der Waals surface area contributed by atoms with E-state index in [-0.39, 0.29) is 5.91 Å². The fraction of sp³-hybridized carbons (Fsp3) is 0.214. The Labute approximate surface area is 110 Å². The van der Waals surface area contributed by atoms with Gasteiger partial charge in [-0.25, -0.2) is 0 Å². The van der Waals surface area contributed by atoms with Crippen molar-refractivity contribution in [2.45, 2.75) is 20.3 Å². The van der Waals surface area contributed by atoms with Crippen LogP contribution in [0.15, 0.2) is 24.3 Å². The minimum atomic E-state index is -0.0314. The first-order valence-electron chi connectivity index (χ1n) is 5.99. The van der Waals surface area contributed by atoms with Gasteiger partial charge in [0.05, 0.1) is 16.9 Å². The molecule has 2 heterocycles. The lowest BCUT2D eigenvalue weighted by molar-refractivity contribution is 0.102. The van der Waals surface area contributed by atoms with Crippen LogP contribution < -0.4 is 10.6 Å². The number of amides is 1. The first kappa shape index (κ1) is 11.3. The van der Waals surface area contributed by atoms with E-state index < -0.39 is 0 Å². The summed E-state index contributed by atoms with van der Waals surface area (Å²) in [6.07, 6.45) is 0.952. The number of hydrogen-bond donors (Lipinski definition) is 2. The van der Waals surface area contributed by atoms with Gasteiger partial charge in [-0.2, -0.15) is 0 Å². The van der Waals surface area contributed by atoms with Crippen molar-refractivity contribution in [2.75, 3.05) is 10.6 Å². The molecule has 1 aromatic heterocycles. The number of carbonyl (C=O) groups is 1. The molecule has 2 N–H and O–H groups in total.